The molecule has 2 aliphatic heterocycles. The van der Waals surface area contributed by atoms with E-state index in [1.807, 2.05) is 4.90 Å². The molecule has 0 radical (unpaired) electrons. The van der Waals surface area contributed by atoms with Gasteiger partial charge >= 0.3 is 0 Å². The number of carbonyl (C=O) groups is 1. The van der Waals surface area contributed by atoms with Crippen molar-refractivity contribution >= 4 is 38.9 Å². The van der Waals surface area contributed by atoms with E-state index in [0.29, 0.717) is 51.9 Å². The number of nitrogens with one attached hydrogen (secondary N) is 1. The summed E-state index contributed by atoms with van der Waals surface area (Å²) in [5, 5.41) is 0. The fraction of sp³-hybridized carbons (Fsp3) is 0.320. The maximum Gasteiger partial charge on any atom is 0.261 e. The Hall–Kier alpha value is -3.73. The van der Waals surface area contributed by atoms with Crippen LogP contribution in [0.25, 0.3) is 0 Å². The van der Waals surface area contributed by atoms with E-state index < -0.39 is 16.0 Å². The molecule has 1 aliphatic carbocycles. The molecule has 1 saturated carbocycles. The monoisotopic (exact) mass is 509 g/mol. The summed E-state index contributed by atoms with van der Waals surface area (Å²) in [4.78, 5) is 25.7. The molecule has 0 bridgehead atoms. The number of carbonyl (C=O) groups excluding carboxylic acids is 1. The van der Waals surface area contributed by atoms with Gasteiger partial charge in [0.1, 0.15) is 11.6 Å². The molecule has 9 nitrogen and oxygen atoms in total. The van der Waals surface area contributed by atoms with Gasteiger partial charge in [0.25, 0.3) is 5.91 Å². The Bertz CT molecular complexity index is 1520. The van der Waals surface area contributed by atoms with Crippen LogP contribution in [0.5, 0.6) is 5.75 Å². The van der Waals surface area contributed by atoms with E-state index >= 15 is 0 Å². The number of fused-ring (bicyclic) bond motifs is 3. The van der Waals surface area contributed by atoms with Crippen LogP contribution in [0, 0.1) is 12.9 Å². The Morgan fingerprint density at radius 1 is 1.22 bits per heavy atom. The first kappa shape index (κ1) is 22.7. The lowest BCUT2D eigenvalue weighted by atomic mass is 10.1. The van der Waals surface area contributed by atoms with Crippen LogP contribution < -0.4 is 19.3 Å². The second-order valence-electron chi connectivity index (χ2n) is 9.36. The minimum absolute atomic E-state index is 0.113. The van der Waals surface area contributed by atoms with Gasteiger partial charge in [-0.3, -0.25) is 9.52 Å². The van der Waals surface area contributed by atoms with Gasteiger partial charge in [0.15, 0.2) is 5.82 Å². The number of sulfonamides is 1. The third-order valence-corrected chi connectivity index (χ3v) is 7.88. The van der Waals surface area contributed by atoms with E-state index in [9.17, 15) is 17.6 Å². The molecule has 0 saturated heterocycles. The third kappa shape index (κ3) is 3.83. The Balaban J connectivity index is 1.29. The number of anilines is 4. The first-order valence-electron chi connectivity index (χ1n) is 11.7. The van der Waals surface area contributed by atoms with E-state index in [4.69, 9.17) is 4.74 Å². The molecule has 3 aliphatic rings. The number of halogens is 1. The molecule has 186 valence electrons. The molecule has 1 fully saturated rings. The van der Waals surface area contributed by atoms with Crippen LogP contribution in [0.2, 0.25) is 0 Å². The molecule has 11 heteroatoms. The zero-order valence-corrected chi connectivity index (χ0v) is 20.6. The van der Waals surface area contributed by atoms with Gasteiger partial charge in [0, 0.05) is 31.3 Å². The number of ether oxygens (including phenoxy) is 1. The average Bonchev–Trinajstić information content (AvgIpc) is 3.60. The maximum absolute atomic E-state index is 14.3. The summed E-state index contributed by atoms with van der Waals surface area (Å²) in [7, 11) is -1.71. The molecule has 36 heavy (non-hydrogen) atoms. The molecule has 2 aromatic heterocycles. The van der Waals surface area contributed by atoms with Crippen molar-refractivity contribution in [1.29, 1.82) is 0 Å². The van der Waals surface area contributed by atoms with Crippen molar-refractivity contribution in [2.75, 3.05) is 28.2 Å². The van der Waals surface area contributed by atoms with Gasteiger partial charge in [-0.1, -0.05) is 6.07 Å². The van der Waals surface area contributed by atoms with Crippen LogP contribution >= 0.6 is 0 Å². The Labute approximate surface area is 208 Å². The Morgan fingerprint density at radius 3 is 2.81 bits per heavy atom. The summed E-state index contributed by atoms with van der Waals surface area (Å²) in [5.41, 5.74) is 3.59. The van der Waals surface area contributed by atoms with Gasteiger partial charge in [0.2, 0.25) is 16.0 Å². The highest BCUT2D eigenvalue weighted by Gasteiger charge is 2.40. The highest BCUT2D eigenvalue weighted by atomic mass is 32.2. The van der Waals surface area contributed by atoms with E-state index in [1.165, 1.54) is 11.0 Å². The number of nitrogens with zero attached hydrogens (tertiary/aromatic N) is 4. The standard InChI is InChI=1S/C25H24FN5O4S/c1-14-10-21(26)28-24-22(14)30(2)25(32)17-11-15(12-27-23(17)31(24)16-6-7-16)8-9-35-20-5-3-4-19-18(20)13-36(33,34)29-19/h3-5,10-12,16,29H,6-9,13H2,1-2H3. The molecule has 0 atom stereocenters. The van der Waals surface area contributed by atoms with Crippen molar-refractivity contribution in [1.82, 2.24) is 9.97 Å². The largest absolute Gasteiger partial charge is 0.493 e. The van der Waals surface area contributed by atoms with Crippen molar-refractivity contribution in [3.05, 3.63) is 64.7 Å². The summed E-state index contributed by atoms with van der Waals surface area (Å²) in [6, 6.07) is 8.44. The van der Waals surface area contributed by atoms with E-state index in [1.54, 1.807) is 44.4 Å². The third-order valence-electron chi connectivity index (χ3n) is 6.68. The predicted octanol–water partition coefficient (Wildman–Crippen LogP) is 3.69. The van der Waals surface area contributed by atoms with E-state index in [-0.39, 0.29) is 24.3 Å². The number of hydrogen-bond acceptors (Lipinski definition) is 7. The second-order valence-corrected chi connectivity index (χ2v) is 11.1. The number of aryl methyl sites for hydroxylation is 1. The minimum atomic E-state index is -3.38. The van der Waals surface area contributed by atoms with Crippen LogP contribution in [-0.2, 0) is 22.2 Å². The molecule has 3 aromatic rings. The van der Waals surface area contributed by atoms with Gasteiger partial charge < -0.3 is 14.5 Å². The van der Waals surface area contributed by atoms with E-state index in [2.05, 4.69) is 14.7 Å². The normalized spacial score (nSPS) is 17.7. The molecule has 1 amide bonds. The Morgan fingerprint density at radius 2 is 2.03 bits per heavy atom. The summed E-state index contributed by atoms with van der Waals surface area (Å²) >= 11 is 0. The van der Waals surface area contributed by atoms with Gasteiger partial charge in [-0.15, -0.1) is 0 Å². The smallest absolute Gasteiger partial charge is 0.261 e. The van der Waals surface area contributed by atoms with Crippen molar-refractivity contribution in [3.8, 4) is 5.75 Å². The second kappa shape index (κ2) is 8.16. The minimum Gasteiger partial charge on any atom is -0.493 e. The van der Waals surface area contributed by atoms with Crippen molar-refractivity contribution in [2.24, 2.45) is 0 Å². The molecule has 4 heterocycles. The molecule has 0 spiro atoms. The lowest BCUT2D eigenvalue weighted by Gasteiger charge is -2.25. The van der Waals surface area contributed by atoms with Gasteiger partial charge in [-0.2, -0.15) is 9.37 Å². The molecule has 0 unspecified atom stereocenters. The number of rotatable bonds is 5. The molecule has 1 aromatic carbocycles. The van der Waals surface area contributed by atoms with Gasteiger partial charge in [-0.05, 0) is 55.2 Å². The first-order chi connectivity index (χ1) is 17.2. The van der Waals surface area contributed by atoms with Crippen LogP contribution in [0.3, 0.4) is 0 Å². The summed E-state index contributed by atoms with van der Waals surface area (Å²) < 4.78 is 46.6. The fourth-order valence-electron chi connectivity index (χ4n) is 4.86. The van der Waals surface area contributed by atoms with Gasteiger partial charge in [-0.25, -0.2) is 13.4 Å². The number of benzene rings is 1. The first-order valence-corrected chi connectivity index (χ1v) is 13.4. The predicted molar refractivity (Wildman–Crippen MR) is 133 cm³/mol. The summed E-state index contributed by atoms with van der Waals surface area (Å²) in [6.07, 6.45) is 3.99. The summed E-state index contributed by atoms with van der Waals surface area (Å²) in [5.74, 6) is 0.454. The fourth-order valence-corrected chi connectivity index (χ4v) is 6.13. The molecule has 1 N–H and O–H groups in total. The van der Waals surface area contributed by atoms with Crippen LogP contribution in [0.1, 0.15) is 39.9 Å². The average molecular weight is 510 g/mol. The van der Waals surface area contributed by atoms with Crippen LogP contribution in [0.4, 0.5) is 27.4 Å². The number of amides is 1. The lowest BCUT2D eigenvalue weighted by molar-refractivity contribution is 0.0993. The number of hydrogen-bond donors (Lipinski definition) is 1. The Kier molecular flexibility index (Phi) is 5.15. The SMILES string of the molecule is Cc1cc(F)nc2c1N(C)C(=O)c1cc(CCOc3cccc4c3CS(=O)(=O)N4)cnc1N2C1CC1. The van der Waals surface area contributed by atoms with Crippen molar-refractivity contribution in [2.45, 2.75) is 38.0 Å². The van der Waals surface area contributed by atoms with E-state index in [0.717, 1.165) is 18.4 Å². The quantitative estimate of drug-likeness (QED) is 0.523. The zero-order valence-electron chi connectivity index (χ0n) is 19.8. The summed E-state index contributed by atoms with van der Waals surface area (Å²) in [6.45, 7) is 2.05. The zero-order chi connectivity index (χ0) is 25.2. The van der Waals surface area contributed by atoms with Crippen molar-refractivity contribution in [3.63, 3.8) is 0 Å². The topological polar surface area (TPSA) is 105 Å². The van der Waals surface area contributed by atoms with Crippen LogP contribution in [-0.4, -0.2) is 44.0 Å². The number of pyridine rings is 2. The highest BCUT2D eigenvalue weighted by molar-refractivity contribution is 7.92. The number of aromatic nitrogens is 2. The molecular weight excluding hydrogens is 485 g/mol. The van der Waals surface area contributed by atoms with Crippen molar-refractivity contribution < 1.29 is 22.3 Å². The highest BCUT2D eigenvalue weighted by Crippen LogP contribution is 2.46. The molecule has 6 rings (SSSR count). The maximum atomic E-state index is 14.3. The lowest BCUT2D eigenvalue weighted by Crippen LogP contribution is -2.26. The molecular formula is C25H24FN5O4S. The van der Waals surface area contributed by atoms with Gasteiger partial charge in [0.05, 0.1) is 29.3 Å². The van der Waals surface area contributed by atoms with Crippen LogP contribution in [0.15, 0.2) is 36.5 Å².